The van der Waals surface area contributed by atoms with Gasteiger partial charge in [0.1, 0.15) is 23.2 Å². The summed E-state index contributed by atoms with van der Waals surface area (Å²) in [6.45, 7) is 13.1. The number of halogens is 1. The number of aryl methyl sites for hydroxylation is 1. The number of rotatable bonds is 10. The summed E-state index contributed by atoms with van der Waals surface area (Å²) in [6, 6.07) is 12.2. The van der Waals surface area contributed by atoms with Crippen molar-refractivity contribution in [1.29, 1.82) is 0 Å². The second-order valence-electron chi connectivity index (χ2n) is 11.8. The second-order valence-corrected chi connectivity index (χ2v) is 14.2. The first-order chi connectivity index (χ1) is 20.0. The molecule has 2 aliphatic heterocycles. The van der Waals surface area contributed by atoms with Gasteiger partial charge in [-0.05, 0) is 76.3 Å². The summed E-state index contributed by atoms with van der Waals surface area (Å²) in [5, 5.41) is 0.603. The highest BCUT2D eigenvalue weighted by molar-refractivity contribution is 7.90. The predicted molar refractivity (Wildman–Crippen MR) is 165 cm³/mol. The van der Waals surface area contributed by atoms with Gasteiger partial charge in [0.15, 0.2) is 6.10 Å². The molecule has 2 fully saturated rings. The van der Waals surface area contributed by atoms with Gasteiger partial charge >= 0.3 is 5.97 Å². The molecule has 228 valence electrons. The van der Waals surface area contributed by atoms with Crippen LogP contribution in [0.2, 0.25) is 5.02 Å². The first-order valence-electron chi connectivity index (χ1n) is 14.4. The summed E-state index contributed by atoms with van der Waals surface area (Å²) >= 11 is 5.21. The summed E-state index contributed by atoms with van der Waals surface area (Å²) in [7, 11) is 0. The molecule has 4 atom stereocenters. The fourth-order valence-electron chi connectivity index (χ4n) is 5.23. The predicted octanol–water partition coefficient (Wildman–Crippen LogP) is 5.56. The molecule has 2 aliphatic rings. The monoisotopic (exact) mass is 616 g/mol. The number of esters is 1. The van der Waals surface area contributed by atoms with E-state index in [1.165, 1.54) is 0 Å². The Balaban J connectivity index is 1.48. The van der Waals surface area contributed by atoms with E-state index in [0.29, 0.717) is 61.9 Å². The van der Waals surface area contributed by atoms with Crippen LogP contribution in [0.4, 0.5) is 0 Å². The zero-order valence-electron chi connectivity index (χ0n) is 24.8. The van der Waals surface area contributed by atoms with Crippen LogP contribution in [0.15, 0.2) is 55.1 Å². The van der Waals surface area contributed by atoms with Crippen LogP contribution in [0.3, 0.4) is 0 Å². The molecule has 2 unspecified atom stereocenters. The van der Waals surface area contributed by atoms with Crippen LogP contribution < -0.4 is 9.46 Å². The number of benzene rings is 2. The van der Waals surface area contributed by atoms with E-state index in [4.69, 9.17) is 25.8 Å². The second kappa shape index (κ2) is 14.3. The van der Waals surface area contributed by atoms with Gasteiger partial charge < -0.3 is 23.7 Å². The van der Waals surface area contributed by atoms with Gasteiger partial charge in [-0.2, -0.15) is 0 Å². The number of hydrogen-bond donors (Lipinski definition) is 1. The van der Waals surface area contributed by atoms with Crippen LogP contribution in [-0.4, -0.2) is 64.6 Å². The SMILES string of the molecule is C=CCOc1cc(C)c(Cl)cc1C(N[S+]([O-])C(C)(C)C)C1CCN(C(=O)[C@@H]2OCC[C@@H]2OC(=O)c2ccccc2)CC1. The highest BCUT2D eigenvalue weighted by Crippen LogP contribution is 2.40. The summed E-state index contributed by atoms with van der Waals surface area (Å²) < 4.78 is 33.7. The van der Waals surface area contributed by atoms with Gasteiger partial charge in [0.25, 0.3) is 5.91 Å². The van der Waals surface area contributed by atoms with E-state index >= 15 is 0 Å². The molecule has 0 spiro atoms. The smallest absolute Gasteiger partial charge is 0.338 e. The fourth-order valence-corrected chi connectivity index (χ4v) is 6.30. The summed E-state index contributed by atoms with van der Waals surface area (Å²) in [5.41, 5.74) is 2.16. The Morgan fingerprint density at radius 1 is 1.21 bits per heavy atom. The number of ether oxygens (including phenoxy) is 3. The molecule has 1 amide bonds. The molecule has 2 aromatic rings. The van der Waals surface area contributed by atoms with Gasteiger partial charge in [-0.1, -0.05) is 42.5 Å². The van der Waals surface area contributed by atoms with Crippen molar-refractivity contribution in [2.24, 2.45) is 5.92 Å². The van der Waals surface area contributed by atoms with Crippen molar-refractivity contribution < 1.29 is 28.4 Å². The topological polar surface area (TPSA) is 100 Å². The van der Waals surface area contributed by atoms with E-state index in [1.807, 2.05) is 45.9 Å². The lowest BCUT2D eigenvalue weighted by molar-refractivity contribution is -0.146. The number of carbonyl (C=O) groups excluding carboxylic acids is 2. The lowest BCUT2D eigenvalue weighted by Gasteiger charge is -2.39. The number of amides is 1. The number of likely N-dealkylation sites (tertiary alicyclic amines) is 1. The molecule has 2 aromatic carbocycles. The first-order valence-corrected chi connectivity index (χ1v) is 15.9. The Hall–Kier alpha value is -2.56. The van der Waals surface area contributed by atoms with Crippen LogP contribution in [-0.2, 0) is 25.6 Å². The normalized spacial score (nSPS) is 21.0. The number of hydrogen-bond acceptors (Lipinski definition) is 7. The van der Waals surface area contributed by atoms with Gasteiger partial charge in [-0.25, -0.2) is 4.79 Å². The maximum Gasteiger partial charge on any atom is 0.338 e. The molecule has 4 rings (SSSR count). The maximum atomic E-state index is 13.5. The van der Waals surface area contributed by atoms with Crippen molar-refractivity contribution >= 4 is 34.8 Å². The molecule has 0 saturated carbocycles. The molecule has 8 nitrogen and oxygen atoms in total. The average molecular weight is 617 g/mol. The van der Waals surface area contributed by atoms with Gasteiger partial charge in [0.05, 0.1) is 18.2 Å². The molecule has 10 heteroatoms. The minimum Gasteiger partial charge on any atom is -0.598 e. The maximum absolute atomic E-state index is 13.5. The number of piperidine rings is 1. The molecule has 1 N–H and O–H groups in total. The molecule has 2 saturated heterocycles. The van der Waals surface area contributed by atoms with Crippen LogP contribution in [0.25, 0.3) is 0 Å². The van der Waals surface area contributed by atoms with E-state index in [2.05, 4.69) is 11.3 Å². The van der Waals surface area contributed by atoms with Crippen molar-refractivity contribution in [3.8, 4) is 5.75 Å². The van der Waals surface area contributed by atoms with Gasteiger partial charge in [-0.15, -0.1) is 4.72 Å². The average Bonchev–Trinajstić information content (AvgIpc) is 3.44. The lowest BCUT2D eigenvalue weighted by atomic mass is 9.85. The Labute approximate surface area is 257 Å². The van der Waals surface area contributed by atoms with E-state index in [0.717, 1.165) is 11.1 Å². The van der Waals surface area contributed by atoms with Crippen LogP contribution in [0.1, 0.15) is 67.6 Å². The molecule has 42 heavy (non-hydrogen) atoms. The molecule has 0 bridgehead atoms. The third-order valence-electron chi connectivity index (χ3n) is 7.64. The largest absolute Gasteiger partial charge is 0.598 e. The van der Waals surface area contributed by atoms with Gasteiger partial charge in [0.2, 0.25) is 0 Å². The Bertz CT molecular complexity index is 1250. The van der Waals surface area contributed by atoms with Crippen molar-refractivity contribution in [3.63, 3.8) is 0 Å². The molecule has 0 aromatic heterocycles. The van der Waals surface area contributed by atoms with E-state index < -0.39 is 34.3 Å². The first kappa shape index (κ1) is 32.4. The van der Waals surface area contributed by atoms with E-state index in [1.54, 1.807) is 35.2 Å². The quantitative estimate of drug-likeness (QED) is 0.212. The Morgan fingerprint density at radius 3 is 2.55 bits per heavy atom. The van der Waals surface area contributed by atoms with Crippen molar-refractivity contribution in [2.45, 2.75) is 70.0 Å². The summed E-state index contributed by atoms with van der Waals surface area (Å²) in [6.07, 6.45) is 2.02. The fraction of sp³-hybridized carbons (Fsp3) is 0.500. The van der Waals surface area contributed by atoms with Gasteiger partial charge in [0, 0.05) is 41.5 Å². The van der Waals surface area contributed by atoms with Crippen LogP contribution >= 0.6 is 11.6 Å². The number of nitrogens with zero attached hydrogens (tertiary/aromatic N) is 1. The van der Waals surface area contributed by atoms with Crippen molar-refractivity contribution in [3.05, 3.63) is 76.8 Å². The Kier molecular flexibility index (Phi) is 11.0. The zero-order chi connectivity index (χ0) is 30.4. The third kappa shape index (κ3) is 7.88. The molecule has 0 radical (unpaired) electrons. The molecular weight excluding hydrogens is 576 g/mol. The minimum atomic E-state index is -1.36. The van der Waals surface area contributed by atoms with Crippen molar-refractivity contribution in [2.75, 3.05) is 26.3 Å². The number of carbonyl (C=O) groups is 2. The van der Waals surface area contributed by atoms with Crippen molar-refractivity contribution in [1.82, 2.24) is 9.62 Å². The van der Waals surface area contributed by atoms with E-state index in [9.17, 15) is 14.1 Å². The molecule has 0 aliphatic carbocycles. The van der Waals surface area contributed by atoms with Crippen LogP contribution in [0.5, 0.6) is 5.75 Å². The lowest BCUT2D eigenvalue weighted by Crippen LogP contribution is -2.50. The van der Waals surface area contributed by atoms with Gasteiger partial charge in [-0.3, -0.25) is 4.79 Å². The van der Waals surface area contributed by atoms with E-state index in [-0.39, 0.29) is 17.9 Å². The zero-order valence-corrected chi connectivity index (χ0v) is 26.3. The summed E-state index contributed by atoms with van der Waals surface area (Å²) in [5.74, 6) is 0.0881. The highest BCUT2D eigenvalue weighted by atomic mass is 35.5. The Morgan fingerprint density at radius 2 is 1.90 bits per heavy atom. The third-order valence-corrected chi connectivity index (χ3v) is 9.63. The van der Waals surface area contributed by atoms with Crippen LogP contribution in [0, 0.1) is 12.8 Å². The number of nitrogens with one attached hydrogen (secondary N) is 1. The summed E-state index contributed by atoms with van der Waals surface area (Å²) in [4.78, 5) is 28.0. The minimum absolute atomic E-state index is 0.0569. The molecular formula is C32H41ClN2O6S. The standard InChI is InChI=1S/C32H41ClN2O6S/c1-6-17-39-27-19-21(2)25(33)20-24(27)28(34-42(38)32(3,4)5)22-12-15-35(16-13-22)30(36)29-26(14-18-40-29)41-31(37)23-10-8-7-9-11-23/h6-11,19-20,22,26,28-29,34H,1,12-18H2,2-5H3/t26-,28?,29+,42?/m0/s1. The highest BCUT2D eigenvalue weighted by Gasteiger charge is 2.42. The molecule has 2 heterocycles.